The Kier molecular flexibility index (Phi) is 8.65. The summed E-state index contributed by atoms with van der Waals surface area (Å²) in [5.41, 5.74) is 1.33. The quantitative estimate of drug-likeness (QED) is 0.318. The van der Waals surface area contributed by atoms with Crippen molar-refractivity contribution < 1.29 is 13.2 Å². The number of likely N-dealkylation sites (tertiary alicyclic amines) is 1. The van der Waals surface area contributed by atoms with Gasteiger partial charge in [-0.15, -0.1) is 6.58 Å². The van der Waals surface area contributed by atoms with E-state index in [1.165, 1.54) is 22.7 Å². The van der Waals surface area contributed by atoms with Gasteiger partial charge in [-0.3, -0.25) is 4.79 Å². The maximum atomic E-state index is 14.5. The predicted molar refractivity (Wildman–Crippen MR) is 155 cm³/mol. The van der Waals surface area contributed by atoms with Crippen LogP contribution in [0.5, 0.6) is 0 Å². The lowest BCUT2D eigenvalue weighted by atomic mass is 9.67. The van der Waals surface area contributed by atoms with Crippen molar-refractivity contribution in [2.75, 3.05) is 27.7 Å². The summed E-state index contributed by atoms with van der Waals surface area (Å²) >= 11 is 12.7. The number of benzene rings is 2. The number of hydrogen-bond donors (Lipinski definition) is 0. The zero-order valence-electron chi connectivity index (χ0n) is 22.5. The molecule has 1 aliphatic carbocycles. The fourth-order valence-electron chi connectivity index (χ4n) is 5.83. The molecule has 4 rings (SSSR count). The maximum absolute atomic E-state index is 14.5. The van der Waals surface area contributed by atoms with Gasteiger partial charge in [-0.1, -0.05) is 60.5 Å². The van der Waals surface area contributed by atoms with Gasteiger partial charge in [-0.2, -0.15) is 17.0 Å². The van der Waals surface area contributed by atoms with Crippen LogP contribution in [0.1, 0.15) is 55.7 Å². The lowest BCUT2D eigenvalue weighted by Crippen LogP contribution is -2.59. The second-order valence-electron chi connectivity index (χ2n) is 11.1. The molecule has 0 N–H and O–H groups in total. The first-order valence-electron chi connectivity index (χ1n) is 13.0. The first-order chi connectivity index (χ1) is 17.9. The second kappa shape index (κ2) is 11.3. The van der Waals surface area contributed by atoms with Crippen molar-refractivity contribution >= 4 is 39.3 Å². The Bertz CT molecular complexity index is 1280. The van der Waals surface area contributed by atoms with Crippen molar-refractivity contribution in [1.82, 2.24) is 13.5 Å². The molecule has 206 valence electrons. The minimum atomic E-state index is -3.65. The highest BCUT2D eigenvalue weighted by atomic mass is 35.5. The molecule has 1 amide bonds. The van der Waals surface area contributed by atoms with Crippen LogP contribution >= 0.6 is 23.2 Å². The number of carbonyl (C=O) groups excluding carboxylic acids is 1. The average molecular weight is 579 g/mol. The van der Waals surface area contributed by atoms with Gasteiger partial charge in [0.15, 0.2) is 0 Å². The van der Waals surface area contributed by atoms with Crippen LogP contribution in [0, 0.1) is 11.3 Å². The molecule has 0 bridgehead atoms. The lowest BCUT2D eigenvalue weighted by Gasteiger charge is -2.52. The van der Waals surface area contributed by atoms with Gasteiger partial charge in [0.25, 0.3) is 10.2 Å². The highest BCUT2D eigenvalue weighted by molar-refractivity contribution is 7.86. The number of rotatable bonds is 10. The minimum Gasteiger partial charge on any atom is -0.330 e. The van der Waals surface area contributed by atoms with E-state index in [-0.39, 0.29) is 36.4 Å². The molecule has 2 aromatic rings. The van der Waals surface area contributed by atoms with Crippen LogP contribution < -0.4 is 0 Å². The van der Waals surface area contributed by atoms with Gasteiger partial charge in [-0.05, 0) is 67.0 Å². The Morgan fingerprint density at radius 2 is 1.74 bits per heavy atom. The Morgan fingerprint density at radius 3 is 2.29 bits per heavy atom. The molecule has 2 aromatic carbocycles. The largest absolute Gasteiger partial charge is 0.330 e. The Balaban J connectivity index is 1.89. The van der Waals surface area contributed by atoms with Gasteiger partial charge in [0, 0.05) is 49.7 Å². The number of allylic oxidation sites excluding steroid dienone is 1. The summed E-state index contributed by atoms with van der Waals surface area (Å²) in [6.45, 7) is 6.17. The van der Waals surface area contributed by atoms with Gasteiger partial charge >= 0.3 is 0 Å². The molecule has 4 atom stereocenters. The van der Waals surface area contributed by atoms with Crippen molar-refractivity contribution in [2.24, 2.45) is 11.3 Å². The van der Waals surface area contributed by atoms with Crippen LogP contribution in [0.15, 0.2) is 61.2 Å². The predicted octanol–water partition coefficient (Wildman–Crippen LogP) is 6.15. The van der Waals surface area contributed by atoms with Crippen molar-refractivity contribution in [3.63, 3.8) is 0 Å². The molecular weight excluding hydrogens is 541 g/mol. The summed E-state index contributed by atoms with van der Waals surface area (Å²) < 4.78 is 28.6. The normalized spacial score (nSPS) is 25.2. The minimum absolute atomic E-state index is 0.0307. The third-order valence-corrected chi connectivity index (χ3v) is 10.4. The fraction of sp³-hybridized carbons (Fsp3) is 0.483. The number of likely N-dealkylation sites (N-methyl/N-ethyl adjacent to an activating group) is 1. The van der Waals surface area contributed by atoms with E-state index < -0.39 is 15.6 Å². The van der Waals surface area contributed by atoms with E-state index in [4.69, 9.17) is 23.2 Å². The SMILES string of the molecule is C=CC[C@@]1(C)CC(c2cccc(Cl)c2)[C@@H](c2ccc(Cl)cc2)N([C@H](CN(C)S(=O)(=O)N(C)C)C2CC2)C1=O. The maximum Gasteiger partial charge on any atom is 0.281 e. The van der Waals surface area contributed by atoms with E-state index in [1.807, 2.05) is 60.4 Å². The van der Waals surface area contributed by atoms with Crippen LogP contribution in [0.2, 0.25) is 10.0 Å². The monoisotopic (exact) mass is 577 g/mol. The number of halogens is 2. The number of piperidine rings is 1. The fourth-order valence-corrected chi connectivity index (χ4v) is 7.06. The van der Waals surface area contributed by atoms with Crippen LogP contribution in [0.3, 0.4) is 0 Å². The molecule has 1 heterocycles. The summed E-state index contributed by atoms with van der Waals surface area (Å²) in [5, 5.41) is 1.26. The van der Waals surface area contributed by atoms with Crippen molar-refractivity contribution in [3.8, 4) is 0 Å². The standard InChI is InChI=1S/C29H37Cl2N3O3S/c1-6-16-29(2)18-25(22-8-7-9-24(31)17-22)27(21-12-14-23(30)15-13-21)34(28(29)35)26(20-10-11-20)19-33(5)38(36,37)32(3)4/h6-9,12-15,17,20,25-27H,1,10-11,16,18-19H2,2-5H3/t25?,26-,27-,29+/m1/s1. The topological polar surface area (TPSA) is 60.9 Å². The molecule has 1 saturated carbocycles. The first-order valence-corrected chi connectivity index (χ1v) is 15.1. The van der Waals surface area contributed by atoms with Crippen LogP contribution in [0.25, 0.3) is 0 Å². The van der Waals surface area contributed by atoms with E-state index in [0.717, 1.165) is 24.0 Å². The van der Waals surface area contributed by atoms with Gasteiger partial charge in [-0.25, -0.2) is 0 Å². The molecule has 0 aromatic heterocycles. The molecule has 2 fully saturated rings. The van der Waals surface area contributed by atoms with Gasteiger partial charge in [0.05, 0.1) is 11.5 Å². The summed E-state index contributed by atoms with van der Waals surface area (Å²) in [5.74, 6) is 0.192. The Labute approximate surface area is 237 Å². The van der Waals surface area contributed by atoms with Crippen LogP contribution in [-0.4, -0.2) is 61.6 Å². The number of amides is 1. The number of nitrogens with zero attached hydrogens (tertiary/aromatic N) is 3. The van der Waals surface area contributed by atoms with E-state index >= 15 is 0 Å². The molecule has 6 nitrogen and oxygen atoms in total. The van der Waals surface area contributed by atoms with E-state index in [9.17, 15) is 13.2 Å². The molecule has 0 radical (unpaired) electrons. The zero-order chi connectivity index (χ0) is 27.8. The third-order valence-electron chi connectivity index (χ3n) is 8.01. The van der Waals surface area contributed by atoms with Crippen molar-refractivity contribution in [2.45, 2.75) is 50.6 Å². The summed E-state index contributed by atoms with van der Waals surface area (Å²) in [6, 6.07) is 14.9. The molecule has 38 heavy (non-hydrogen) atoms. The van der Waals surface area contributed by atoms with Gasteiger partial charge in [0.1, 0.15) is 0 Å². The van der Waals surface area contributed by atoms with Crippen LogP contribution in [-0.2, 0) is 15.0 Å². The smallest absolute Gasteiger partial charge is 0.281 e. The van der Waals surface area contributed by atoms with Crippen molar-refractivity contribution in [1.29, 1.82) is 0 Å². The Hall–Kier alpha value is -1.90. The van der Waals surface area contributed by atoms with Crippen molar-refractivity contribution in [3.05, 3.63) is 82.4 Å². The lowest BCUT2D eigenvalue weighted by molar-refractivity contribution is -0.155. The summed E-state index contributed by atoms with van der Waals surface area (Å²) in [7, 11) is 0.986. The molecule has 1 saturated heterocycles. The Morgan fingerprint density at radius 1 is 1.08 bits per heavy atom. The molecule has 2 aliphatic rings. The summed E-state index contributed by atoms with van der Waals surface area (Å²) in [4.78, 5) is 16.5. The van der Waals surface area contributed by atoms with E-state index in [1.54, 1.807) is 7.05 Å². The summed E-state index contributed by atoms with van der Waals surface area (Å²) in [6.07, 6.45) is 4.86. The van der Waals surface area contributed by atoms with Gasteiger partial charge in [0.2, 0.25) is 5.91 Å². The molecule has 0 spiro atoms. The van der Waals surface area contributed by atoms with Gasteiger partial charge < -0.3 is 4.90 Å². The zero-order valence-corrected chi connectivity index (χ0v) is 24.8. The highest BCUT2D eigenvalue weighted by Crippen LogP contribution is 2.54. The number of carbonyl (C=O) groups is 1. The highest BCUT2D eigenvalue weighted by Gasteiger charge is 2.53. The molecular formula is C29H37Cl2N3O3S. The molecule has 1 aliphatic heterocycles. The first kappa shape index (κ1) is 29.1. The number of hydrogen-bond acceptors (Lipinski definition) is 3. The van der Waals surface area contributed by atoms with E-state index in [2.05, 4.69) is 12.6 Å². The third kappa shape index (κ3) is 5.82. The molecule has 1 unspecified atom stereocenters. The molecule has 9 heteroatoms. The van der Waals surface area contributed by atoms with Crippen LogP contribution in [0.4, 0.5) is 0 Å². The second-order valence-corrected chi connectivity index (χ2v) is 14.2. The average Bonchev–Trinajstić information content (AvgIpc) is 3.70. The van der Waals surface area contributed by atoms with E-state index in [0.29, 0.717) is 22.9 Å².